The number of hydrogen-bond donors (Lipinski definition) is 1. The summed E-state index contributed by atoms with van der Waals surface area (Å²) < 4.78 is 1.09. The first-order chi connectivity index (χ1) is 11.7. The number of thiazole rings is 1. The van der Waals surface area contributed by atoms with E-state index in [-0.39, 0.29) is 5.91 Å². The van der Waals surface area contributed by atoms with E-state index in [0.29, 0.717) is 12.0 Å². The molecule has 2 saturated heterocycles. The van der Waals surface area contributed by atoms with Gasteiger partial charge in [0.2, 0.25) is 0 Å². The number of nitrogens with zero attached hydrogens (tertiary/aromatic N) is 2. The van der Waals surface area contributed by atoms with Crippen molar-refractivity contribution < 1.29 is 4.79 Å². The predicted molar refractivity (Wildman–Crippen MR) is 98.6 cm³/mol. The molecule has 1 aromatic heterocycles. The molecular formula is C19H25N3OS. The molecule has 2 aromatic rings. The van der Waals surface area contributed by atoms with E-state index >= 15 is 0 Å². The minimum absolute atomic E-state index is 0.0517. The van der Waals surface area contributed by atoms with Crippen molar-refractivity contribution in [2.45, 2.75) is 45.1 Å². The number of piperidine rings is 2. The Kier molecular flexibility index (Phi) is 4.55. The van der Waals surface area contributed by atoms with Gasteiger partial charge in [0.25, 0.3) is 5.91 Å². The lowest BCUT2D eigenvalue weighted by molar-refractivity contribution is 0.0575. The van der Waals surface area contributed by atoms with E-state index in [1.165, 1.54) is 45.2 Å². The Morgan fingerprint density at radius 1 is 1.29 bits per heavy atom. The molecule has 0 saturated carbocycles. The maximum atomic E-state index is 12.6. The van der Waals surface area contributed by atoms with Crippen LogP contribution in [0.3, 0.4) is 0 Å². The van der Waals surface area contributed by atoms with Crippen LogP contribution in [0.2, 0.25) is 0 Å². The van der Waals surface area contributed by atoms with E-state index in [0.717, 1.165) is 27.3 Å². The molecule has 1 aromatic carbocycles. The Morgan fingerprint density at radius 3 is 3.08 bits per heavy atom. The number of carbonyl (C=O) groups is 1. The molecule has 3 heterocycles. The Morgan fingerprint density at radius 2 is 2.17 bits per heavy atom. The molecule has 1 amide bonds. The van der Waals surface area contributed by atoms with E-state index in [2.05, 4.69) is 15.2 Å². The van der Waals surface area contributed by atoms with Crippen LogP contribution in [-0.4, -0.2) is 41.5 Å². The van der Waals surface area contributed by atoms with Gasteiger partial charge in [-0.3, -0.25) is 4.79 Å². The molecule has 0 spiro atoms. The third-order valence-corrected chi connectivity index (χ3v) is 6.44. The Bertz CT molecular complexity index is 739. The molecule has 0 bridgehead atoms. The fourth-order valence-corrected chi connectivity index (χ4v) is 5.19. The van der Waals surface area contributed by atoms with E-state index < -0.39 is 0 Å². The van der Waals surface area contributed by atoms with Crippen LogP contribution in [0, 0.1) is 12.8 Å². The number of fused-ring (bicyclic) bond motifs is 2. The average molecular weight is 343 g/mol. The van der Waals surface area contributed by atoms with Crippen LogP contribution < -0.4 is 5.32 Å². The minimum Gasteiger partial charge on any atom is -0.352 e. The molecule has 1 N–H and O–H groups in total. The molecule has 2 unspecified atom stereocenters. The largest absolute Gasteiger partial charge is 0.352 e. The van der Waals surface area contributed by atoms with E-state index in [9.17, 15) is 4.79 Å². The monoisotopic (exact) mass is 343 g/mol. The number of nitrogens with one attached hydrogen (secondary N) is 1. The van der Waals surface area contributed by atoms with Crippen molar-refractivity contribution in [3.63, 3.8) is 0 Å². The number of amides is 1. The molecule has 0 aliphatic carbocycles. The molecule has 0 radical (unpaired) electrons. The van der Waals surface area contributed by atoms with Gasteiger partial charge in [0.05, 0.1) is 15.2 Å². The van der Waals surface area contributed by atoms with E-state index in [4.69, 9.17) is 0 Å². The number of carbonyl (C=O) groups excluding carboxylic acids is 1. The molecular weight excluding hydrogens is 318 g/mol. The molecule has 2 atom stereocenters. The molecule has 2 fully saturated rings. The van der Waals surface area contributed by atoms with Crippen molar-refractivity contribution >= 4 is 27.5 Å². The smallest absolute Gasteiger partial charge is 0.251 e. The first-order valence-electron chi connectivity index (χ1n) is 9.10. The van der Waals surface area contributed by atoms with Crippen LogP contribution >= 0.6 is 11.3 Å². The average Bonchev–Trinajstić information content (AvgIpc) is 2.98. The zero-order valence-electron chi connectivity index (χ0n) is 14.3. The first-order valence-corrected chi connectivity index (χ1v) is 9.92. The van der Waals surface area contributed by atoms with Crippen molar-refractivity contribution in [3.8, 4) is 0 Å². The fourth-order valence-electron chi connectivity index (χ4n) is 4.32. The van der Waals surface area contributed by atoms with Gasteiger partial charge in [-0.2, -0.15) is 0 Å². The Balaban J connectivity index is 1.41. The second kappa shape index (κ2) is 6.81. The van der Waals surface area contributed by atoms with Crippen LogP contribution in [0.5, 0.6) is 0 Å². The van der Waals surface area contributed by atoms with Crippen molar-refractivity contribution in [3.05, 3.63) is 28.8 Å². The Labute approximate surface area is 147 Å². The van der Waals surface area contributed by atoms with Gasteiger partial charge in [0.15, 0.2) is 0 Å². The standard InChI is InChI=1S/C19H25N3OS/c1-13-21-16-8-7-14(11-18(16)24-13)19(23)20-12-15-5-4-10-22-9-3-2-6-17(15)22/h7-8,11,15,17H,2-6,9-10,12H2,1H3,(H,20,23). The third-order valence-electron chi connectivity index (χ3n) is 5.51. The highest BCUT2D eigenvalue weighted by Crippen LogP contribution is 2.30. The molecule has 24 heavy (non-hydrogen) atoms. The molecule has 2 aliphatic rings. The lowest BCUT2D eigenvalue weighted by Crippen LogP contribution is -2.51. The van der Waals surface area contributed by atoms with Crippen LogP contribution in [0.25, 0.3) is 10.2 Å². The number of hydrogen-bond acceptors (Lipinski definition) is 4. The lowest BCUT2D eigenvalue weighted by Gasteiger charge is -2.44. The molecule has 128 valence electrons. The number of aryl methyl sites for hydroxylation is 1. The summed E-state index contributed by atoms with van der Waals surface area (Å²) in [5.74, 6) is 0.660. The van der Waals surface area contributed by atoms with Gasteiger partial charge >= 0.3 is 0 Å². The first kappa shape index (κ1) is 16.0. The van der Waals surface area contributed by atoms with E-state index in [1.54, 1.807) is 11.3 Å². The zero-order chi connectivity index (χ0) is 16.5. The number of aromatic nitrogens is 1. The lowest BCUT2D eigenvalue weighted by atomic mass is 9.83. The molecule has 4 nitrogen and oxygen atoms in total. The van der Waals surface area contributed by atoms with Gasteiger partial charge in [0, 0.05) is 18.2 Å². The summed E-state index contributed by atoms with van der Waals surface area (Å²) in [4.78, 5) is 19.7. The predicted octanol–water partition coefficient (Wildman–Crippen LogP) is 3.60. The van der Waals surface area contributed by atoms with Crippen molar-refractivity contribution in [1.29, 1.82) is 0 Å². The summed E-state index contributed by atoms with van der Waals surface area (Å²) in [6.45, 7) is 5.30. The molecule has 4 rings (SSSR count). The summed E-state index contributed by atoms with van der Waals surface area (Å²) in [5, 5.41) is 4.24. The topological polar surface area (TPSA) is 45.2 Å². The number of benzene rings is 1. The quantitative estimate of drug-likeness (QED) is 0.926. The Hall–Kier alpha value is -1.46. The van der Waals surface area contributed by atoms with Gasteiger partial charge in [-0.15, -0.1) is 11.3 Å². The minimum atomic E-state index is 0.0517. The fraction of sp³-hybridized carbons (Fsp3) is 0.579. The maximum Gasteiger partial charge on any atom is 0.251 e. The SMILES string of the molecule is Cc1nc2ccc(C(=O)NCC3CCCN4CCCCC34)cc2s1. The van der Waals surface area contributed by atoms with Crippen molar-refractivity contribution in [2.75, 3.05) is 19.6 Å². The third kappa shape index (κ3) is 3.20. The van der Waals surface area contributed by atoms with Gasteiger partial charge in [-0.1, -0.05) is 6.42 Å². The van der Waals surface area contributed by atoms with Crippen molar-refractivity contribution in [1.82, 2.24) is 15.2 Å². The second-order valence-electron chi connectivity index (χ2n) is 7.13. The van der Waals surface area contributed by atoms with Gasteiger partial charge in [0.1, 0.15) is 0 Å². The highest BCUT2D eigenvalue weighted by Gasteiger charge is 2.32. The molecule has 5 heteroatoms. The second-order valence-corrected chi connectivity index (χ2v) is 8.36. The van der Waals surface area contributed by atoms with Crippen LogP contribution in [0.4, 0.5) is 0 Å². The summed E-state index contributed by atoms with van der Waals surface area (Å²) >= 11 is 1.65. The summed E-state index contributed by atoms with van der Waals surface area (Å²) in [6.07, 6.45) is 6.49. The van der Waals surface area contributed by atoms with Gasteiger partial charge in [-0.25, -0.2) is 4.98 Å². The summed E-state index contributed by atoms with van der Waals surface area (Å²) in [5.41, 5.74) is 1.74. The van der Waals surface area contributed by atoms with Gasteiger partial charge < -0.3 is 10.2 Å². The summed E-state index contributed by atoms with van der Waals surface area (Å²) in [6, 6.07) is 6.50. The number of rotatable bonds is 3. The van der Waals surface area contributed by atoms with Crippen LogP contribution in [-0.2, 0) is 0 Å². The van der Waals surface area contributed by atoms with E-state index in [1.807, 2.05) is 25.1 Å². The van der Waals surface area contributed by atoms with Crippen molar-refractivity contribution in [2.24, 2.45) is 5.92 Å². The summed E-state index contributed by atoms with van der Waals surface area (Å²) in [7, 11) is 0. The van der Waals surface area contributed by atoms with Gasteiger partial charge in [-0.05, 0) is 69.8 Å². The molecule has 2 aliphatic heterocycles. The highest BCUT2D eigenvalue weighted by molar-refractivity contribution is 7.18. The van der Waals surface area contributed by atoms with Crippen LogP contribution in [0.15, 0.2) is 18.2 Å². The zero-order valence-corrected chi connectivity index (χ0v) is 15.1. The maximum absolute atomic E-state index is 12.6. The normalized spacial score (nSPS) is 24.7. The van der Waals surface area contributed by atoms with Crippen LogP contribution in [0.1, 0.15) is 47.5 Å². The highest BCUT2D eigenvalue weighted by atomic mass is 32.1.